The van der Waals surface area contributed by atoms with Crippen molar-refractivity contribution in [2.45, 2.75) is 12.8 Å². The van der Waals surface area contributed by atoms with E-state index in [4.69, 9.17) is 0 Å². The summed E-state index contributed by atoms with van der Waals surface area (Å²) in [5, 5.41) is 3.66. The van der Waals surface area contributed by atoms with Gasteiger partial charge in [0.05, 0.1) is 0 Å². The average molecular weight is 150 g/mol. The van der Waals surface area contributed by atoms with E-state index in [2.05, 4.69) is 34.6 Å². The van der Waals surface area contributed by atoms with Crippen molar-refractivity contribution in [3.05, 3.63) is 30.2 Å². The monoisotopic (exact) mass is 150 g/mol. The molecule has 0 atom stereocenters. The van der Waals surface area contributed by atoms with Crippen LogP contribution in [0.2, 0.25) is 0 Å². The molecule has 2 nitrogen and oxygen atoms in total. The van der Waals surface area contributed by atoms with Gasteiger partial charge in [0.2, 0.25) is 0 Å². The highest BCUT2D eigenvalue weighted by atomic mass is 16.6. The number of rotatable bonds is 3. The minimum absolute atomic E-state index is 0.859. The van der Waals surface area contributed by atoms with Gasteiger partial charge in [-0.25, -0.2) is 0 Å². The van der Waals surface area contributed by atoms with Crippen LogP contribution in [0.1, 0.15) is 12.8 Å². The quantitative estimate of drug-likeness (QED) is 0.446. The smallest absolute Gasteiger partial charge is 0.106 e. The van der Waals surface area contributed by atoms with E-state index in [1.807, 2.05) is 0 Å². The summed E-state index contributed by atoms with van der Waals surface area (Å²) in [5.41, 5.74) is 1.30. The number of nitrogens with zero attached hydrogens (tertiary/aromatic N) is 1. The molecule has 0 amide bonds. The molecule has 1 rings (SSSR count). The van der Waals surface area contributed by atoms with E-state index in [-0.39, 0.29) is 0 Å². The van der Waals surface area contributed by atoms with Gasteiger partial charge in [0, 0.05) is 12.6 Å². The number of hydrogen-bond donors (Lipinski definition) is 0. The van der Waals surface area contributed by atoms with E-state index in [1.54, 1.807) is 13.3 Å². The minimum atomic E-state index is 0.859. The molecule has 1 aliphatic carbocycles. The van der Waals surface area contributed by atoms with Gasteiger partial charge in [-0.1, -0.05) is 23.4 Å². The summed E-state index contributed by atoms with van der Waals surface area (Å²) in [4.78, 5) is 4.54. The van der Waals surface area contributed by atoms with Gasteiger partial charge < -0.3 is 4.84 Å². The first kappa shape index (κ1) is 8.05. The molecule has 0 aliphatic heterocycles. The van der Waals surface area contributed by atoms with E-state index in [9.17, 15) is 0 Å². The predicted octanol–water partition coefficient (Wildman–Crippen LogP) is 2.10. The zero-order chi connectivity index (χ0) is 7.94. The average Bonchev–Trinajstić information content (AvgIpc) is 2.07. The van der Waals surface area contributed by atoms with Gasteiger partial charge in [-0.3, -0.25) is 0 Å². The lowest BCUT2D eigenvalue weighted by Crippen LogP contribution is -1.86. The molecule has 59 valence electrons. The van der Waals surface area contributed by atoms with Crippen molar-refractivity contribution in [1.82, 2.24) is 0 Å². The molecule has 0 spiro atoms. The summed E-state index contributed by atoms with van der Waals surface area (Å²) < 4.78 is 0. The Morgan fingerprint density at radius 3 is 3.27 bits per heavy atom. The third-order valence-corrected chi connectivity index (χ3v) is 1.47. The van der Waals surface area contributed by atoms with E-state index in [1.165, 1.54) is 5.57 Å². The van der Waals surface area contributed by atoms with Crippen LogP contribution in [0.5, 0.6) is 0 Å². The lowest BCUT2D eigenvalue weighted by molar-refractivity contribution is 0.215. The molecular formula is C9H12NO. The van der Waals surface area contributed by atoms with Crippen LogP contribution in [0.3, 0.4) is 0 Å². The van der Waals surface area contributed by atoms with E-state index >= 15 is 0 Å². The molecule has 0 unspecified atom stereocenters. The topological polar surface area (TPSA) is 21.6 Å². The first-order chi connectivity index (χ1) is 5.43. The summed E-state index contributed by atoms with van der Waals surface area (Å²) in [7, 11) is 1.55. The van der Waals surface area contributed by atoms with Gasteiger partial charge in [-0.05, 0) is 18.4 Å². The fourth-order valence-corrected chi connectivity index (χ4v) is 0.926. The number of hydrogen-bond acceptors (Lipinski definition) is 2. The maximum atomic E-state index is 4.54. The lowest BCUT2D eigenvalue weighted by atomic mass is 10.1. The molecule has 1 aliphatic rings. The van der Waals surface area contributed by atoms with Crippen LogP contribution in [0.4, 0.5) is 0 Å². The van der Waals surface area contributed by atoms with Gasteiger partial charge in [0.15, 0.2) is 0 Å². The highest BCUT2D eigenvalue weighted by molar-refractivity contribution is 5.62. The summed E-state index contributed by atoms with van der Waals surface area (Å²) in [6.07, 6.45) is 12.1. The predicted molar refractivity (Wildman–Crippen MR) is 46.3 cm³/mol. The Balaban J connectivity index is 2.31. The second-order valence-electron chi connectivity index (χ2n) is 2.28. The van der Waals surface area contributed by atoms with E-state index in [0.717, 1.165) is 12.8 Å². The Labute approximate surface area is 67.2 Å². The maximum Gasteiger partial charge on any atom is 0.106 e. The summed E-state index contributed by atoms with van der Waals surface area (Å²) in [6, 6.07) is 0. The van der Waals surface area contributed by atoms with Crippen molar-refractivity contribution in [2.24, 2.45) is 5.16 Å². The van der Waals surface area contributed by atoms with E-state index < -0.39 is 0 Å². The second-order valence-corrected chi connectivity index (χ2v) is 2.28. The molecule has 1 radical (unpaired) electrons. The van der Waals surface area contributed by atoms with Crippen LogP contribution < -0.4 is 0 Å². The van der Waals surface area contributed by atoms with Crippen molar-refractivity contribution in [3.63, 3.8) is 0 Å². The van der Waals surface area contributed by atoms with Crippen LogP contribution in [0.15, 0.2) is 29.0 Å². The Morgan fingerprint density at radius 1 is 1.73 bits per heavy atom. The third-order valence-electron chi connectivity index (χ3n) is 1.47. The highest BCUT2D eigenvalue weighted by Gasteiger charge is 1.94. The summed E-state index contributed by atoms with van der Waals surface area (Å²) >= 11 is 0. The van der Waals surface area contributed by atoms with E-state index in [0.29, 0.717) is 0 Å². The van der Waals surface area contributed by atoms with Gasteiger partial charge in [-0.2, -0.15) is 0 Å². The Hall–Kier alpha value is -1.05. The van der Waals surface area contributed by atoms with Crippen LogP contribution in [0, 0.1) is 6.42 Å². The van der Waals surface area contributed by atoms with Crippen LogP contribution in [-0.4, -0.2) is 13.3 Å². The van der Waals surface area contributed by atoms with Crippen molar-refractivity contribution >= 4 is 6.21 Å². The second kappa shape index (κ2) is 4.72. The molecule has 0 N–H and O–H groups in total. The molecule has 0 aromatic carbocycles. The number of oxime groups is 1. The molecule has 0 bridgehead atoms. The standard InChI is InChI=1S/C9H12NO/c1-11-10-8-7-9-5-3-2-4-6-9/h2-3,5-6,8H,4,7H2,1H3. The molecule has 0 fully saturated rings. The maximum absolute atomic E-state index is 4.54. The fourth-order valence-electron chi connectivity index (χ4n) is 0.926. The van der Waals surface area contributed by atoms with Crippen LogP contribution in [0.25, 0.3) is 0 Å². The molecular weight excluding hydrogens is 138 g/mol. The zero-order valence-corrected chi connectivity index (χ0v) is 6.66. The Kier molecular flexibility index (Phi) is 3.45. The lowest BCUT2D eigenvalue weighted by Gasteiger charge is -2.01. The van der Waals surface area contributed by atoms with Gasteiger partial charge in [0.1, 0.15) is 7.11 Å². The van der Waals surface area contributed by atoms with Crippen LogP contribution >= 0.6 is 0 Å². The van der Waals surface area contributed by atoms with Crippen molar-refractivity contribution in [3.8, 4) is 0 Å². The molecule has 0 aromatic heterocycles. The summed E-state index contributed by atoms with van der Waals surface area (Å²) in [5.74, 6) is 0. The van der Waals surface area contributed by atoms with Crippen molar-refractivity contribution in [1.29, 1.82) is 0 Å². The molecule has 11 heavy (non-hydrogen) atoms. The fraction of sp³-hybridized carbons (Fsp3) is 0.333. The normalized spacial score (nSPS) is 17.0. The zero-order valence-electron chi connectivity index (χ0n) is 6.66. The van der Waals surface area contributed by atoms with Crippen molar-refractivity contribution < 1.29 is 4.84 Å². The largest absolute Gasteiger partial charge is 0.399 e. The first-order valence-electron chi connectivity index (χ1n) is 3.67. The minimum Gasteiger partial charge on any atom is -0.399 e. The molecule has 0 heterocycles. The highest BCUT2D eigenvalue weighted by Crippen LogP contribution is 2.10. The summed E-state index contributed by atoms with van der Waals surface area (Å²) in [6.45, 7) is 0. The van der Waals surface area contributed by atoms with Crippen LogP contribution in [-0.2, 0) is 4.84 Å². The first-order valence-corrected chi connectivity index (χ1v) is 3.67. The third kappa shape index (κ3) is 3.03. The molecule has 2 heteroatoms. The van der Waals surface area contributed by atoms with Gasteiger partial charge >= 0.3 is 0 Å². The Bertz CT molecular complexity index is 192. The Morgan fingerprint density at radius 2 is 2.64 bits per heavy atom. The van der Waals surface area contributed by atoms with Gasteiger partial charge in [-0.15, -0.1) is 0 Å². The molecule has 0 saturated heterocycles. The molecule has 0 saturated carbocycles. The van der Waals surface area contributed by atoms with Crippen molar-refractivity contribution in [2.75, 3.05) is 7.11 Å². The molecule has 0 aromatic rings. The van der Waals surface area contributed by atoms with Gasteiger partial charge in [0.25, 0.3) is 0 Å². The SMILES string of the molecule is CON=CCC1=CC[CH]C=C1. The number of allylic oxidation sites excluding steroid dienone is 4.